The fourth-order valence-corrected chi connectivity index (χ4v) is 4.96. The topological polar surface area (TPSA) is 39.9 Å². The Labute approximate surface area is 186 Å². The van der Waals surface area contributed by atoms with Gasteiger partial charge in [-0.1, -0.05) is 18.7 Å². The molecule has 2 fully saturated rings. The first-order valence-electron chi connectivity index (χ1n) is 11.4. The molecule has 0 spiro atoms. The summed E-state index contributed by atoms with van der Waals surface area (Å²) in [5.41, 5.74) is 4.34. The van der Waals surface area contributed by atoms with Crippen LogP contribution in [0.1, 0.15) is 36.6 Å². The van der Waals surface area contributed by atoms with Crippen molar-refractivity contribution in [3.63, 3.8) is 0 Å². The van der Waals surface area contributed by atoms with E-state index in [1.165, 1.54) is 17.1 Å². The molecule has 0 N–H and O–H groups in total. The van der Waals surface area contributed by atoms with Gasteiger partial charge in [0.25, 0.3) is 0 Å². The van der Waals surface area contributed by atoms with Crippen molar-refractivity contribution in [2.75, 3.05) is 45.2 Å². The molecule has 4 rings (SSSR count). The quantitative estimate of drug-likeness (QED) is 0.762. The third kappa shape index (κ3) is 4.60. The highest BCUT2D eigenvalue weighted by Gasteiger charge is 2.31. The van der Waals surface area contributed by atoms with Gasteiger partial charge in [-0.15, -0.1) is 0 Å². The van der Waals surface area contributed by atoms with Crippen LogP contribution >= 0.6 is 0 Å². The van der Waals surface area contributed by atoms with Crippen LogP contribution in [-0.4, -0.2) is 65.7 Å². The average Bonchev–Trinajstić information content (AvgIpc) is 2.77. The third-order valence-electron chi connectivity index (χ3n) is 6.95. The van der Waals surface area contributed by atoms with Gasteiger partial charge in [0.15, 0.2) is 0 Å². The number of anilines is 1. The number of piperazine rings is 1. The Kier molecular flexibility index (Phi) is 6.58. The first-order chi connectivity index (χ1) is 15.0. The van der Waals surface area contributed by atoms with Gasteiger partial charge >= 0.3 is 0 Å². The van der Waals surface area contributed by atoms with Gasteiger partial charge in [-0.25, -0.2) is 4.99 Å². The van der Waals surface area contributed by atoms with E-state index < -0.39 is 0 Å². The van der Waals surface area contributed by atoms with Crippen LogP contribution in [0.15, 0.2) is 53.8 Å². The first kappa shape index (κ1) is 21.8. The molecule has 0 saturated carbocycles. The lowest BCUT2D eigenvalue weighted by molar-refractivity contribution is 0.132. The van der Waals surface area contributed by atoms with Gasteiger partial charge in [-0.2, -0.15) is 0 Å². The summed E-state index contributed by atoms with van der Waals surface area (Å²) in [6.45, 7) is 10.8. The smallest absolute Gasteiger partial charge is 0.134 e. The molecule has 0 radical (unpaired) electrons. The number of aromatic nitrogens is 2. The van der Waals surface area contributed by atoms with Crippen LogP contribution in [0.4, 0.5) is 5.82 Å². The molecule has 4 heterocycles. The summed E-state index contributed by atoms with van der Waals surface area (Å²) in [6.07, 6.45) is 5.29. The molecule has 0 unspecified atom stereocenters. The van der Waals surface area contributed by atoms with E-state index >= 15 is 0 Å². The highest BCUT2D eigenvalue weighted by atomic mass is 15.3. The molecule has 2 aliphatic rings. The number of aryl methyl sites for hydroxylation is 1. The number of hydrogen-bond acceptors (Lipinski definition) is 5. The molecule has 6 heteroatoms. The maximum atomic E-state index is 5.02. The summed E-state index contributed by atoms with van der Waals surface area (Å²) < 4.78 is 2.21. The van der Waals surface area contributed by atoms with E-state index in [0.29, 0.717) is 6.04 Å². The van der Waals surface area contributed by atoms with Crippen LogP contribution in [0, 0.1) is 6.92 Å². The van der Waals surface area contributed by atoms with Gasteiger partial charge in [0, 0.05) is 39.4 Å². The molecular weight excluding hydrogens is 384 g/mol. The number of likely N-dealkylation sites (N-methyl/N-ethyl adjacent to an activating group) is 2. The van der Waals surface area contributed by atoms with Crippen molar-refractivity contribution in [1.82, 2.24) is 19.4 Å². The van der Waals surface area contributed by atoms with Gasteiger partial charge in [0.1, 0.15) is 11.3 Å². The Hall–Kier alpha value is -2.44. The van der Waals surface area contributed by atoms with E-state index in [4.69, 9.17) is 9.98 Å². The number of nitrogens with zero attached hydrogens (tertiary/aromatic N) is 6. The molecule has 2 atom stereocenters. The standard InChI is InChI=1S/C25H36N6/c1-19-9-8-14-26-25(19)22-11-6-10-21(29(22)4)20(2)27-23-12-7-13-24(30(23)5)31-17-15-28(3)16-18-31/h7-9,12-14,21-22H,2,6,10-11,15-18H2,1,3-5H3/t21-,22+/m0/s1. The maximum Gasteiger partial charge on any atom is 0.134 e. The van der Waals surface area contributed by atoms with Crippen LogP contribution in [0.5, 0.6) is 0 Å². The highest BCUT2D eigenvalue weighted by Crippen LogP contribution is 2.35. The second-order valence-electron chi connectivity index (χ2n) is 9.03. The summed E-state index contributed by atoms with van der Waals surface area (Å²) in [5, 5.41) is 0. The van der Waals surface area contributed by atoms with E-state index in [1.54, 1.807) is 0 Å². The molecule has 2 aromatic rings. The molecule has 0 aromatic carbocycles. The van der Waals surface area contributed by atoms with Crippen LogP contribution < -0.4 is 10.4 Å². The molecule has 0 aliphatic carbocycles. The van der Waals surface area contributed by atoms with Crippen molar-refractivity contribution >= 4 is 5.82 Å². The van der Waals surface area contributed by atoms with Crippen molar-refractivity contribution in [2.24, 2.45) is 12.0 Å². The van der Waals surface area contributed by atoms with Crippen molar-refractivity contribution in [2.45, 2.75) is 38.3 Å². The minimum atomic E-state index is 0.229. The molecule has 31 heavy (non-hydrogen) atoms. The Morgan fingerprint density at radius 3 is 2.55 bits per heavy atom. The maximum absolute atomic E-state index is 5.02. The summed E-state index contributed by atoms with van der Waals surface area (Å²) in [5.74, 6) is 1.22. The molecular formula is C25H36N6. The third-order valence-corrected chi connectivity index (χ3v) is 6.95. The second-order valence-corrected chi connectivity index (χ2v) is 9.03. The Morgan fingerprint density at radius 1 is 1.03 bits per heavy atom. The largest absolute Gasteiger partial charge is 0.355 e. The molecule has 0 amide bonds. The van der Waals surface area contributed by atoms with Crippen molar-refractivity contribution in [3.05, 3.63) is 65.5 Å². The summed E-state index contributed by atoms with van der Waals surface area (Å²) >= 11 is 0. The second kappa shape index (κ2) is 9.37. The zero-order chi connectivity index (χ0) is 22.0. The van der Waals surface area contributed by atoms with E-state index in [-0.39, 0.29) is 6.04 Å². The molecule has 0 bridgehead atoms. The van der Waals surface area contributed by atoms with Gasteiger partial charge < -0.3 is 14.4 Å². The normalized spacial score (nSPS) is 23.9. The van der Waals surface area contributed by atoms with Crippen molar-refractivity contribution in [3.8, 4) is 0 Å². The number of piperidine rings is 1. The molecule has 2 aliphatic heterocycles. The zero-order valence-corrected chi connectivity index (χ0v) is 19.5. The summed E-state index contributed by atoms with van der Waals surface area (Å²) in [4.78, 5) is 17.0. The molecule has 6 nitrogen and oxygen atoms in total. The Bertz CT molecular complexity index is 986. The molecule has 2 saturated heterocycles. The minimum absolute atomic E-state index is 0.229. The van der Waals surface area contributed by atoms with E-state index in [1.807, 2.05) is 12.3 Å². The summed E-state index contributed by atoms with van der Waals surface area (Å²) in [6, 6.07) is 11.1. The fourth-order valence-electron chi connectivity index (χ4n) is 4.96. The lowest BCUT2D eigenvalue weighted by Gasteiger charge is -2.39. The van der Waals surface area contributed by atoms with Gasteiger partial charge in [0.05, 0.1) is 23.5 Å². The van der Waals surface area contributed by atoms with Crippen molar-refractivity contribution in [1.29, 1.82) is 0 Å². The van der Waals surface area contributed by atoms with Crippen LogP contribution in [0.2, 0.25) is 0 Å². The Morgan fingerprint density at radius 2 is 1.81 bits per heavy atom. The summed E-state index contributed by atoms with van der Waals surface area (Å²) in [7, 11) is 6.50. The number of likely N-dealkylation sites (tertiary alicyclic amines) is 1. The SMILES string of the molecule is C=C(N=c1cccc(N2CCN(C)CC2)n1C)[C@@H]1CCC[C@H](c2ncccc2C)N1C. The van der Waals surface area contributed by atoms with Gasteiger partial charge in [0.2, 0.25) is 0 Å². The lowest BCUT2D eigenvalue weighted by Crippen LogP contribution is -2.46. The number of rotatable bonds is 4. The number of hydrogen-bond donors (Lipinski definition) is 0. The molecule has 2 aromatic heterocycles. The predicted molar refractivity (Wildman–Crippen MR) is 127 cm³/mol. The van der Waals surface area contributed by atoms with E-state index in [0.717, 1.165) is 56.6 Å². The monoisotopic (exact) mass is 420 g/mol. The average molecular weight is 421 g/mol. The highest BCUT2D eigenvalue weighted by molar-refractivity contribution is 5.40. The van der Waals surface area contributed by atoms with Gasteiger partial charge in [-0.05, 0) is 64.0 Å². The van der Waals surface area contributed by atoms with E-state index in [2.05, 4.69) is 78.2 Å². The lowest BCUT2D eigenvalue weighted by atomic mass is 9.91. The minimum Gasteiger partial charge on any atom is -0.355 e. The Balaban J connectivity index is 1.57. The predicted octanol–water partition coefficient (Wildman–Crippen LogP) is 3.12. The van der Waals surface area contributed by atoms with Crippen LogP contribution in [0.25, 0.3) is 0 Å². The first-order valence-corrected chi connectivity index (χ1v) is 11.4. The van der Waals surface area contributed by atoms with Gasteiger partial charge in [-0.3, -0.25) is 9.88 Å². The molecule has 166 valence electrons. The van der Waals surface area contributed by atoms with Crippen molar-refractivity contribution < 1.29 is 0 Å². The van der Waals surface area contributed by atoms with Crippen LogP contribution in [-0.2, 0) is 7.05 Å². The zero-order valence-electron chi connectivity index (χ0n) is 19.5. The van der Waals surface area contributed by atoms with Crippen LogP contribution in [0.3, 0.4) is 0 Å². The van der Waals surface area contributed by atoms with E-state index in [9.17, 15) is 0 Å². The fraction of sp³-hybridized carbons (Fsp3) is 0.520. The number of pyridine rings is 2.